The lowest BCUT2D eigenvalue weighted by Crippen LogP contribution is -2.53. The molecule has 5 heteroatoms. The number of fused-ring (bicyclic) bond motifs is 1. The van der Waals surface area contributed by atoms with Crippen molar-refractivity contribution in [2.75, 3.05) is 6.54 Å². The molecule has 1 N–H and O–H groups in total. The average Bonchev–Trinajstić information content (AvgIpc) is 2.66. The van der Waals surface area contributed by atoms with Gasteiger partial charge in [0.25, 0.3) is 0 Å². The van der Waals surface area contributed by atoms with Crippen molar-refractivity contribution in [3.8, 4) is 0 Å². The summed E-state index contributed by atoms with van der Waals surface area (Å²) in [5.41, 5.74) is 2.72. The topological polar surface area (TPSA) is 58.6 Å². The highest BCUT2D eigenvalue weighted by atomic mass is 16.6. The monoisotopic (exact) mass is 380 g/mol. The van der Waals surface area contributed by atoms with Crippen LogP contribution in [0.15, 0.2) is 54.6 Å². The van der Waals surface area contributed by atoms with Gasteiger partial charge in [-0.1, -0.05) is 54.6 Å². The highest BCUT2D eigenvalue weighted by Gasteiger charge is 2.36. The first kappa shape index (κ1) is 19.9. The van der Waals surface area contributed by atoms with Crippen molar-refractivity contribution in [3.05, 3.63) is 71.3 Å². The van der Waals surface area contributed by atoms with Crippen LogP contribution in [-0.4, -0.2) is 35.1 Å². The molecule has 0 radical (unpaired) electrons. The number of nitrogens with zero attached hydrogens (tertiary/aromatic N) is 1. The van der Waals surface area contributed by atoms with Crippen molar-refractivity contribution in [3.63, 3.8) is 0 Å². The van der Waals surface area contributed by atoms with E-state index in [-0.39, 0.29) is 5.91 Å². The Morgan fingerprint density at radius 1 is 1.04 bits per heavy atom. The Morgan fingerprint density at radius 2 is 1.68 bits per heavy atom. The van der Waals surface area contributed by atoms with Gasteiger partial charge in [-0.3, -0.25) is 9.69 Å². The van der Waals surface area contributed by atoms with Crippen LogP contribution in [0.2, 0.25) is 0 Å². The zero-order valence-corrected chi connectivity index (χ0v) is 16.8. The van der Waals surface area contributed by atoms with Crippen LogP contribution >= 0.6 is 0 Å². The molecule has 1 heterocycles. The smallest absolute Gasteiger partial charge is 0.411 e. The molecule has 0 aliphatic carbocycles. The van der Waals surface area contributed by atoms with E-state index in [9.17, 15) is 9.59 Å². The quantitative estimate of drug-likeness (QED) is 0.880. The molecule has 1 atom stereocenters. The Bertz CT molecular complexity index is 827. The summed E-state index contributed by atoms with van der Waals surface area (Å²) < 4.78 is 5.55. The van der Waals surface area contributed by atoms with Gasteiger partial charge in [0.1, 0.15) is 11.6 Å². The lowest BCUT2D eigenvalue weighted by Gasteiger charge is -2.36. The largest absolute Gasteiger partial charge is 0.444 e. The molecule has 1 aliphatic rings. The third-order valence-corrected chi connectivity index (χ3v) is 4.73. The summed E-state index contributed by atoms with van der Waals surface area (Å²) in [6, 6.07) is 17.4. The molecule has 28 heavy (non-hydrogen) atoms. The summed E-state index contributed by atoms with van der Waals surface area (Å²) in [5, 5.41) is 2.99. The van der Waals surface area contributed by atoms with Crippen molar-refractivity contribution >= 4 is 12.0 Å². The molecule has 1 aliphatic heterocycles. The summed E-state index contributed by atoms with van der Waals surface area (Å²) in [5.74, 6) is -0.142. The van der Waals surface area contributed by atoms with E-state index in [2.05, 4.69) is 5.32 Å². The lowest BCUT2D eigenvalue weighted by atomic mass is 9.93. The zero-order chi connectivity index (χ0) is 20.1. The lowest BCUT2D eigenvalue weighted by molar-refractivity contribution is -0.127. The number of carbonyl (C=O) groups is 2. The molecule has 0 spiro atoms. The third-order valence-electron chi connectivity index (χ3n) is 4.73. The molecule has 2 aromatic rings. The van der Waals surface area contributed by atoms with E-state index in [0.29, 0.717) is 19.5 Å². The van der Waals surface area contributed by atoms with Crippen LogP contribution in [0.4, 0.5) is 4.79 Å². The molecule has 0 bridgehead atoms. The Kier molecular flexibility index (Phi) is 6.02. The van der Waals surface area contributed by atoms with Crippen molar-refractivity contribution in [1.82, 2.24) is 10.2 Å². The predicted molar refractivity (Wildman–Crippen MR) is 109 cm³/mol. The van der Waals surface area contributed by atoms with E-state index in [1.807, 2.05) is 75.4 Å². The maximum Gasteiger partial charge on any atom is 0.411 e. The molecule has 5 nitrogen and oxygen atoms in total. The van der Waals surface area contributed by atoms with Gasteiger partial charge in [-0.15, -0.1) is 0 Å². The second-order valence-corrected chi connectivity index (χ2v) is 8.12. The van der Waals surface area contributed by atoms with Gasteiger partial charge < -0.3 is 10.1 Å². The van der Waals surface area contributed by atoms with E-state index in [4.69, 9.17) is 4.74 Å². The number of ether oxygens (including phenoxy) is 1. The average molecular weight is 380 g/mol. The van der Waals surface area contributed by atoms with Crippen LogP contribution in [-0.2, 0) is 28.9 Å². The maximum atomic E-state index is 12.9. The normalized spacial score (nSPS) is 16.2. The Hall–Kier alpha value is -2.82. The first-order valence-corrected chi connectivity index (χ1v) is 9.71. The number of hydrogen-bond acceptors (Lipinski definition) is 3. The van der Waals surface area contributed by atoms with Crippen LogP contribution in [0.1, 0.15) is 37.5 Å². The Morgan fingerprint density at radius 3 is 2.36 bits per heavy atom. The Labute approximate surface area is 166 Å². The van der Waals surface area contributed by atoms with Crippen LogP contribution in [0.5, 0.6) is 0 Å². The number of amides is 2. The van der Waals surface area contributed by atoms with E-state index in [1.165, 1.54) is 5.56 Å². The zero-order valence-electron chi connectivity index (χ0n) is 16.8. The van der Waals surface area contributed by atoms with Gasteiger partial charge in [0.05, 0.1) is 6.54 Å². The van der Waals surface area contributed by atoms with Crippen molar-refractivity contribution in [2.45, 2.75) is 51.8 Å². The van der Waals surface area contributed by atoms with Crippen LogP contribution in [0.3, 0.4) is 0 Å². The molecule has 0 fully saturated rings. The second kappa shape index (κ2) is 8.46. The van der Waals surface area contributed by atoms with Crippen molar-refractivity contribution < 1.29 is 14.3 Å². The van der Waals surface area contributed by atoms with E-state index in [1.54, 1.807) is 4.90 Å². The van der Waals surface area contributed by atoms with Crippen LogP contribution < -0.4 is 5.32 Å². The van der Waals surface area contributed by atoms with Crippen LogP contribution in [0, 0.1) is 0 Å². The minimum atomic E-state index is -0.609. The van der Waals surface area contributed by atoms with Gasteiger partial charge >= 0.3 is 6.09 Å². The number of hydrogen-bond donors (Lipinski definition) is 1. The molecule has 0 unspecified atom stereocenters. The fourth-order valence-corrected chi connectivity index (χ4v) is 3.36. The summed E-state index contributed by atoms with van der Waals surface area (Å²) in [7, 11) is 0. The molecule has 0 saturated carbocycles. The van der Waals surface area contributed by atoms with Gasteiger partial charge in [-0.2, -0.15) is 0 Å². The van der Waals surface area contributed by atoms with Crippen LogP contribution in [0.25, 0.3) is 0 Å². The standard InChI is InChI=1S/C23H28N2O3/c1-23(2,3)28-22(27)25-16-19-12-8-7-11-18(19)15-20(25)21(26)24-14-13-17-9-5-4-6-10-17/h4-12,20H,13-16H2,1-3H3,(H,24,26)/t20-/m0/s1. The fraction of sp³-hybridized carbons (Fsp3) is 0.391. The summed E-state index contributed by atoms with van der Waals surface area (Å²) >= 11 is 0. The van der Waals surface area contributed by atoms with Crippen molar-refractivity contribution in [1.29, 1.82) is 0 Å². The van der Waals surface area contributed by atoms with Gasteiger partial charge in [0.2, 0.25) is 5.91 Å². The molecular formula is C23H28N2O3. The van der Waals surface area contributed by atoms with Gasteiger partial charge in [-0.25, -0.2) is 4.79 Å². The molecule has 0 saturated heterocycles. The summed E-state index contributed by atoms with van der Waals surface area (Å²) in [6.45, 7) is 6.40. The predicted octanol–water partition coefficient (Wildman–Crippen LogP) is 3.71. The highest BCUT2D eigenvalue weighted by molar-refractivity contribution is 5.86. The van der Waals surface area contributed by atoms with Gasteiger partial charge in [0.15, 0.2) is 0 Å². The maximum absolute atomic E-state index is 12.9. The summed E-state index contributed by atoms with van der Waals surface area (Å²) in [6.07, 6.45) is 0.791. The van der Waals surface area contributed by atoms with E-state index in [0.717, 1.165) is 17.5 Å². The fourth-order valence-electron chi connectivity index (χ4n) is 3.36. The molecule has 2 aromatic carbocycles. The van der Waals surface area contributed by atoms with Gasteiger partial charge in [0, 0.05) is 13.0 Å². The molecule has 3 rings (SSSR count). The number of nitrogens with one attached hydrogen (secondary N) is 1. The minimum absolute atomic E-state index is 0.142. The molecular weight excluding hydrogens is 352 g/mol. The highest BCUT2D eigenvalue weighted by Crippen LogP contribution is 2.25. The van der Waals surface area contributed by atoms with E-state index < -0.39 is 17.7 Å². The molecule has 2 amide bonds. The Balaban J connectivity index is 1.71. The SMILES string of the molecule is CC(C)(C)OC(=O)N1Cc2ccccc2C[C@H]1C(=O)NCCc1ccccc1. The number of rotatable bonds is 4. The molecule has 148 valence electrons. The first-order chi connectivity index (χ1) is 13.3. The van der Waals surface area contributed by atoms with E-state index >= 15 is 0 Å². The number of carbonyl (C=O) groups excluding carboxylic acids is 2. The number of benzene rings is 2. The third kappa shape index (κ3) is 5.12. The summed E-state index contributed by atoms with van der Waals surface area (Å²) in [4.78, 5) is 27.2. The second-order valence-electron chi connectivity index (χ2n) is 8.12. The van der Waals surface area contributed by atoms with Crippen molar-refractivity contribution in [2.24, 2.45) is 0 Å². The molecule has 0 aromatic heterocycles. The first-order valence-electron chi connectivity index (χ1n) is 9.71. The minimum Gasteiger partial charge on any atom is -0.444 e. The van der Waals surface area contributed by atoms with Gasteiger partial charge in [-0.05, 0) is 43.9 Å².